The van der Waals surface area contributed by atoms with E-state index in [4.69, 9.17) is 20.8 Å². The number of furan rings is 1. The number of hydrogen-bond donors (Lipinski definition) is 1. The van der Waals surface area contributed by atoms with Crippen LogP contribution >= 0.6 is 11.6 Å². The van der Waals surface area contributed by atoms with Crippen LogP contribution < -0.4 is 10.1 Å². The number of fused-ring (bicyclic) bond motifs is 3. The quantitative estimate of drug-likeness (QED) is 0.396. The monoisotopic (exact) mass is 424 g/mol. The van der Waals surface area contributed by atoms with Crippen molar-refractivity contribution in [2.75, 3.05) is 11.9 Å². The molecule has 2 heterocycles. The van der Waals surface area contributed by atoms with Crippen molar-refractivity contribution < 1.29 is 13.9 Å². The number of rotatable bonds is 5. The number of nitrogens with zero attached hydrogens (tertiary/aromatic N) is 1. The highest BCUT2D eigenvalue weighted by molar-refractivity contribution is 6.32. The predicted octanol–water partition coefficient (Wildman–Crippen LogP) is 6.11. The molecule has 1 aliphatic rings. The number of nitrogens with one attached hydrogen (secondary N) is 1. The first-order valence-corrected chi connectivity index (χ1v) is 10.7. The lowest BCUT2D eigenvalue weighted by molar-refractivity contribution is -0.111. The largest absolute Gasteiger partial charge is 0.493 e. The number of carbonyl (C=O) groups is 1. The summed E-state index contributed by atoms with van der Waals surface area (Å²) in [5, 5.41) is 4.18. The number of carbonyl (C=O) groups excluding carboxylic acids is 1. The summed E-state index contributed by atoms with van der Waals surface area (Å²) in [4.78, 5) is 16.6. The molecule has 0 spiro atoms. The molecule has 30 heavy (non-hydrogen) atoms. The second-order valence-electron chi connectivity index (χ2n) is 7.56. The third-order valence-electron chi connectivity index (χ3n) is 5.50. The molecule has 1 aromatic carbocycles. The summed E-state index contributed by atoms with van der Waals surface area (Å²) in [5.41, 5.74) is 5.36. The Labute approximate surface area is 181 Å². The molecule has 5 nitrogen and oxygen atoms in total. The van der Waals surface area contributed by atoms with Crippen LogP contribution in [-0.4, -0.2) is 17.5 Å². The normalized spacial score (nSPS) is 13.9. The molecule has 1 amide bonds. The third-order valence-corrected chi connectivity index (χ3v) is 5.81. The Morgan fingerprint density at radius 1 is 1.37 bits per heavy atom. The van der Waals surface area contributed by atoms with Gasteiger partial charge in [0.15, 0.2) is 5.15 Å². The van der Waals surface area contributed by atoms with E-state index < -0.39 is 0 Å². The molecule has 0 bridgehead atoms. The van der Waals surface area contributed by atoms with Crippen molar-refractivity contribution in [1.82, 2.24) is 4.98 Å². The zero-order valence-corrected chi connectivity index (χ0v) is 18.2. The molecule has 0 saturated carbocycles. The lowest BCUT2D eigenvalue weighted by atomic mass is 9.93. The van der Waals surface area contributed by atoms with Gasteiger partial charge in [-0.3, -0.25) is 4.79 Å². The number of hydrogen-bond acceptors (Lipinski definition) is 4. The van der Waals surface area contributed by atoms with Crippen molar-refractivity contribution in [2.45, 2.75) is 46.5 Å². The van der Waals surface area contributed by atoms with Gasteiger partial charge in [0.25, 0.3) is 0 Å². The van der Waals surface area contributed by atoms with E-state index in [-0.39, 0.29) is 11.1 Å². The molecule has 4 rings (SSSR count). The zero-order chi connectivity index (χ0) is 21.3. The standard InChI is InChI=1S/C24H25ClN2O3/c1-4-29-22-15(3)23-18(16-8-5-6-10-20(16)30-23)13-17(22)14(2)12-21(28)27-19-9-7-11-26-24(19)25/h7,9,11-13H,4-6,8,10H2,1-3H3,(H,27,28)/b14-12+. The molecule has 1 aliphatic carbocycles. The summed E-state index contributed by atoms with van der Waals surface area (Å²) in [6.45, 7) is 6.43. The van der Waals surface area contributed by atoms with Crippen LogP contribution in [0.3, 0.4) is 0 Å². The fourth-order valence-electron chi connectivity index (χ4n) is 4.08. The summed E-state index contributed by atoms with van der Waals surface area (Å²) in [5.74, 6) is 1.58. The van der Waals surface area contributed by atoms with Gasteiger partial charge in [0.05, 0.1) is 12.3 Å². The maximum atomic E-state index is 12.6. The van der Waals surface area contributed by atoms with Gasteiger partial charge in [-0.15, -0.1) is 0 Å². The molecule has 2 aromatic heterocycles. The number of allylic oxidation sites excluding steroid dienone is 1. The van der Waals surface area contributed by atoms with Gasteiger partial charge in [-0.2, -0.15) is 0 Å². The lowest BCUT2D eigenvalue weighted by Crippen LogP contribution is -2.09. The Morgan fingerprint density at radius 2 is 2.17 bits per heavy atom. The summed E-state index contributed by atoms with van der Waals surface area (Å²) in [6, 6.07) is 5.55. The van der Waals surface area contributed by atoms with E-state index in [1.54, 1.807) is 24.4 Å². The average molecular weight is 425 g/mol. The summed E-state index contributed by atoms with van der Waals surface area (Å²) >= 11 is 6.05. The molecule has 0 radical (unpaired) electrons. The van der Waals surface area contributed by atoms with E-state index in [0.717, 1.165) is 58.4 Å². The van der Waals surface area contributed by atoms with Crippen molar-refractivity contribution >= 4 is 39.7 Å². The second-order valence-corrected chi connectivity index (χ2v) is 7.92. The molecule has 0 unspecified atom stereocenters. The molecule has 156 valence electrons. The number of ether oxygens (including phenoxy) is 1. The molecule has 6 heteroatoms. The number of pyridine rings is 1. The Morgan fingerprint density at radius 3 is 2.93 bits per heavy atom. The van der Waals surface area contributed by atoms with Gasteiger partial charge in [0, 0.05) is 40.8 Å². The Balaban J connectivity index is 1.76. The van der Waals surface area contributed by atoms with Gasteiger partial charge < -0.3 is 14.5 Å². The molecule has 1 N–H and O–H groups in total. The van der Waals surface area contributed by atoms with Crippen LogP contribution in [0.25, 0.3) is 16.5 Å². The van der Waals surface area contributed by atoms with Crippen LogP contribution in [0.5, 0.6) is 5.75 Å². The second kappa shape index (κ2) is 8.52. The minimum absolute atomic E-state index is 0.259. The van der Waals surface area contributed by atoms with E-state index >= 15 is 0 Å². The summed E-state index contributed by atoms with van der Waals surface area (Å²) in [6.07, 6.45) is 7.49. The van der Waals surface area contributed by atoms with Crippen molar-refractivity contribution in [3.8, 4) is 5.75 Å². The molecular weight excluding hydrogens is 400 g/mol. The van der Waals surface area contributed by atoms with Gasteiger partial charge in [0.2, 0.25) is 5.91 Å². The lowest BCUT2D eigenvalue weighted by Gasteiger charge is -2.15. The summed E-state index contributed by atoms with van der Waals surface area (Å²) < 4.78 is 12.2. The molecule has 3 aromatic rings. The van der Waals surface area contributed by atoms with Gasteiger partial charge >= 0.3 is 0 Å². The number of aromatic nitrogens is 1. The first-order chi connectivity index (χ1) is 14.5. The maximum Gasteiger partial charge on any atom is 0.248 e. The minimum Gasteiger partial charge on any atom is -0.493 e. The van der Waals surface area contributed by atoms with Gasteiger partial charge in [0.1, 0.15) is 17.1 Å². The van der Waals surface area contributed by atoms with E-state index in [2.05, 4.69) is 16.4 Å². The zero-order valence-electron chi connectivity index (χ0n) is 17.5. The molecule has 0 atom stereocenters. The number of aryl methyl sites for hydroxylation is 3. The van der Waals surface area contributed by atoms with Crippen LogP contribution in [-0.2, 0) is 17.6 Å². The number of benzene rings is 1. The van der Waals surface area contributed by atoms with Crippen molar-refractivity contribution in [3.05, 3.63) is 58.1 Å². The molecular formula is C24H25ClN2O3. The van der Waals surface area contributed by atoms with Crippen LogP contribution in [0, 0.1) is 6.92 Å². The highest BCUT2D eigenvalue weighted by atomic mass is 35.5. The van der Waals surface area contributed by atoms with Crippen molar-refractivity contribution in [2.24, 2.45) is 0 Å². The molecule has 0 fully saturated rings. The SMILES string of the molecule is CCOc1c(/C(C)=C/C(=O)Nc2cccnc2Cl)cc2c3c(oc2c1C)CCCC3. The predicted molar refractivity (Wildman–Crippen MR) is 120 cm³/mol. The van der Waals surface area contributed by atoms with Crippen LogP contribution in [0.2, 0.25) is 5.15 Å². The maximum absolute atomic E-state index is 12.6. The van der Waals surface area contributed by atoms with E-state index in [9.17, 15) is 4.79 Å². The first kappa shape index (κ1) is 20.5. The molecule has 0 aliphatic heterocycles. The van der Waals surface area contributed by atoms with Crippen LogP contribution in [0.4, 0.5) is 5.69 Å². The Hall–Kier alpha value is -2.79. The Kier molecular flexibility index (Phi) is 5.82. The number of amides is 1. The third kappa shape index (κ3) is 3.82. The Bertz CT molecular complexity index is 1150. The van der Waals surface area contributed by atoms with Crippen molar-refractivity contribution in [1.29, 1.82) is 0 Å². The topological polar surface area (TPSA) is 64.4 Å². The van der Waals surface area contributed by atoms with Crippen LogP contribution in [0.1, 0.15) is 49.1 Å². The highest BCUT2D eigenvalue weighted by Gasteiger charge is 2.23. The minimum atomic E-state index is -0.267. The fourth-order valence-corrected chi connectivity index (χ4v) is 4.25. The van der Waals surface area contributed by atoms with Gasteiger partial charge in [-0.25, -0.2) is 4.98 Å². The molecule has 0 saturated heterocycles. The van der Waals surface area contributed by atoms with Crippen molar-refractivity contribution in [3.63, 3.8) is 0 Å². The van der Waals surface area contributed by atoms with E-state index in [0.29, 0.717) is 12.3 Å². The van der Waals surface area contributed by atoms with E-state index in [1.165, 1.54) is 12.0 Å². The van der Waals surface area contributed by atoms with Crippen LogP contribution in [0.15, 0.2) is 34.9 Å². The average Bonchev–Trinajstić information content (AvgIpc) is 3.10. The van der Waals surface area contributed by atoms with E-state index in [1.807, 2.05) is 20.8 Å². The van der Waals surface area contributed by atoms with Gasteiger partial charge in [-0.1, -0.05) is 11.6 Å². The first-order valence-electron chi connectivity index (χ1n) is 10.3. The summed E-state index contributed by atoms with van der Waals surface area (Å²) in [7, 11) is 0. The number of anilines is 1. The highest BCUT2D eigenvalue weighted by Crippen LogP contribution is 2.41. The van der Waals surface area contributed by atoms with Gasteiger partial charge in [-0.05, 0) is 63.8 Å². The number of halogens is 1. The smallest absolute Gasteiger partial charge is 0.248 e. The fraction of sp³-hybridized carbons (Fsp3) is 0.333.